The molecule has 0 aliphatic heterocycles. The summed E-state index contributed by atoms with van der Waals surface area (Å²) in [7, 11) is 1.74. The van der Waals surface area contributed by atoms with Gasteiger partial charge in [-0.05, 0) is 18.9 Å². The van der Waals surface area contributed by atoms with Crippen LogP contribution in [0.3, 0.4) is 0 Å². The topological polar surface area (TPSA) is 47.0 Å². The first-order valence-electron chi connectivity index (χ1n) is 6.27. The molecule has 0 aliphatic rings. The zero-order chi connectivity index (χ0) is 12.5. The Hall–Kier alpha value is -0.520. The number of nitrogens with one attached hydrogen (secondary N) is 1. The fraction of sp³-hybridized carbons (Fsp3) is 0.833. The molecule has 98 valence electrons. The highest BCUT2D eigenvalue weighted by Crippen LogP contribution is 2.14. The molecule has 17 heavy (non-hydrogen) atoms. The predicted octanol–water partition coefficient (Wildman–Crippen LogP) is 1.91. The zero-order valence-electron chi connectivity index (χ0n) is 11.0. The van der Waals surface area contributed by atoms with Gasteiger partial charge in [0, 0.05) is 33.1 Å². The van der Waals surface area contributed by atoms with Gasteiger partial charge < -0.3 is 10.1 Å². The van der Waals surface area contributed by atoms with Gasteiger partial charge in [-0.2, -0.15) is 0 Å². The van der Waals surface area contributed by atoms with Crippen molar-refractivity contribution in [3.63, 3.8) is 0 Å². The summed E-state index contributed by atoms with van der Waals surface area (Å²) in [6.07, 6.45) is 3.13. The summed E-state index contributed by atoms with van der Waals surface area (Å²) in [5.41, 5.74) is 0. The van der Waals surface area contributed by atoms with Crippen LogP contribution in [0.4, 0.5) is 0 Å². The number of methoxy groups -OCH3 is 1. The Morgan fingerprint density at radius 1 is 1.29 bits per heavy atom. The number of rotatable bonds is 9. The molecule has 0 aromatic carbocycles. The lowest BCUT2D eigenvalue weighted by Crippen LogP contribution is -2.17. The quantitative estimate of drug-likeness (QED) is 0.686. The molecule has 1 unspecified atom stereocenters. The largest absolute Gasteiger partial charge is 0.384 e. The van der Waals surface area contributed by atoms with E-state index in [2.05, 4.69) is 29.4 Å². The maximum Gasteiger partial charge on any atom is 0.118 e. The van der Waals surface area contributed by atoms with Crippen LogP contribution in [0.15, 0.2) is 0 Å². The van der Waals surface area contributed by atoms with E-state index in [0.29, 0.717) is 5.92 Å². The van der Waals surface area contributed by atoms with Gasteiger partial charge in [-0.1, -0.05) is 13.8 Å². The van der Waals surface area contributed by atoms with Crippen LogP contribution in [0, 0.1) is 5.92 Å². The van der Waals surface area contributed by atoms with E-state index in [1.54, 1.807) is 18.4 Å². The standard InChI is InChI=1S/C12H23N3OS/c1-4-6-13-7-5-11-14-15-12(17-11)8-10(2)9-16-3/h10,13H,4-9H2,1-3H3. The number of hydrogen-bond acceptors (Lipinski definition) is 5. The monoisotopic (exact) mass is 257 g/mol. The molecule has 0 bridgehead atoms. The van der Waals surface area contributed by atoms with Crippen molar-refractivity contribution >= 4 is 11.3 Å². The van der Waals surface area contributed by atoms with Crippen LogP contribution in [0.1, 0.15) is 30.3 Å². The minimum Gasteiger partial charge on any atom is -0.384 e. The Balaban J connectivity index is 2.27. The highest BCUT2D eigenvalue weighted by Gasteiger charge is 2.08. The summed E-state index contributed by atoms with van der Waals surface area (Å²) < 4.78 is 5.12. The lowest BCUT2D eigenvalue weighted by molar-refractivity contribution is 0.159. The Kier molecular flexibility index (Phi) is 7.32. The molecule has 0 fully saturated rings. The Bertz CT molecular complexity index is 304. The fourth-order valence-corrected chi connectivity index (χ4v) is 2.62. The van der Waals surface area contributed by atoms with Crippen molar-refractivity contribution in [2.24, 2.45) is 5.92 Å². The molecule has 1 aromatic rings. The molecular weight excluding hydrogens is 234 g/mol. The van der Waals surface area contributed by atoms with Gasteiger partial charge >= 0.3 is 0 Å². The summed E-state index contributed by atoms with van der Waals surface area (Å²) in [5, 5.41) is 14.1. The van der Waals surface area contributed by atoms with Gasteiger partial charge in [0.25, 0.3) is 0 Å². The van der Waals surface area contributed by atoms with Crippen LogP contribution in [0.25, 0.3) is 0 Å². The zero-order valence-corrected chi connectivity index (χ0v) is 11.8. The first kappa shape index (κ1) is 14.5. The van der Waals surface area contributed by atoms with Crippen molar-refractivity contribution in [1.29, 1.82) is 0 Å². The minimum atomic E-state index is 0.513. The maximum absolute atomic E-state index is 5.12. The summed E-state index contributed by atoms with van der Waals surface area (Å²) >= 11 is 1.73. The van der Waals surface area contributed by atoms with E-state index in [1.807, 2.05) is 0 Å². The third-order valence-electron chi connectivity index (χ3n) is 2.43. The van der Waals surface area contributed by atoms with Crippen LogP contribution < -0.4 is 5.32 Å². The summed E-state index contributed by atoms with van der Waals surface area (Å²) in [5.74, 6) is 0.513. The van der Waals surface area contributed by atoms with E-state index in [-0.39, 0.29) is 0 Å². The Labute approximate surface area is 108 Å². The SMILES string of the molecule is CCCNCCc1nnc(CC(C)COC)s1. The predicted molar refractivity (Wildman–Crippen MR) is 71.5 cm³/mol. The third kappa shape index (κ3) is 6.10. The Morgan fingerprint density at radius 2 is 2.06 bits per heavy atom. The van der Waals surface area contributed by atoms with E-state index in [4.69, 9.17) is 4.74 Å². The van der Waals surface area contributed by atoms with Gasteiger partial charge in [0.05, 0.1) is 0 Å². The normalized spacial score (nSPS) is 12.9. The molecular formula is C12H23N3OS. The molecule has 0 spiro atoms. The molecule has 1 N–H and O–H groups in total. The van der Waals surface area contributed by atoms with Gasteiger partial charge in [0.15, 0.2) is 0 Å². The summed E-state index contributed by atoms with van der Waals surface area (Å²) in [6, 6.07) is 0. The number of hydrogen-bond donors (Lipinski definition) is 1. The van der Waals surface area contributed by atoms with E-state index < -0.39 is 0 Å². The average molecular weight is 257 g/mol. The number of aromatic nitrogens is 2. The number of ether oxygens (including phenoxy) is 1. The molecule has 1 atom stereocenters. The molecule has 1 rings (SSSR count). The smallest absolute Gasteiger partial charge is 0.118 e. The average Bonchev–Trinajstić information content (AvgIpc) is 2.72. The second kappa shape index (κ2) is 8.55. The molecule has 5 heteroatoms. The Morgan fingerprint density at radius 3 is 2.76 bits per heavy atom. The molecule has 0 amide bonds. The molecule has 4 nitrogen and oxygen atoms in total. The van der Waals surface area contributed by atoms with E-state index in [1.165, 1.54) is 6.42 Å². The molecule has 1 aromatic heterocycles. The van der Waals surface area contributed by atoms with Crippen molar-refractivity contribution < 1.29 is 4.74 Å². The van der Waals surface area contributed by atoms with Crippen LogP contribution in [-0.2, 0) is 17.6 Å². The second-order valence-corrected chi connectivity index (χ2v) is 5.50. The van der Waals surface area contributed by atoms with Crippen molar-refractivity contribution in [2.45, 2.75) is 33.1 Å². The van der Waals surface area contributed by atoms with Gasteiger partial charge in [-0.3, -0.25) is 0 Å². The third-order valence-corrected chi connectivity index (χ3v) is 3.43. The van der Waals surface area contributed by atoms with Gasteiger partial charge in [0.1, 0.15) is 10.0 Å². The highest BCUT2D eigenvalue weighted by molar-refractivity contribution is 7.11. The molecule has 0 aliphatic carbocycles. The van der Waals surface area contributed by atoms with Crippen molar-refractivity contribution in [3.05, 3.63) is 10.0 Å². The van der Waals surface area contributed by atoms with Gasteiger partial charge in [-0.15, -0.1) is 21.5 Å². The molecule has 0 radical (unpaired) electrons. The van der Waals surface area contributed by atoms with Crippen molar-refractivity contribution in [2.75, 3.05) is 26.8 Å². The number of nitrogens with zero attached hydrogens (tertiary/aromatic N) is 2. The lowest BCUT2D eigenvalue weighted by atomic mass is 10.1. The van der Waals surface area contributed by atoms with Crippen molar-refractivity contribution in [3.8, 4) is 0 Å². The molecule has 0 saturated heterocycles. The van der Waals surface area contributed by atoms with Crippen LogP contribution in [0.5, 0.6) is 0 Å². The highest BCUT2D eigenvalue weighted by atomic mass is 32.1. The van der Waals surface area contributed by atoms with Crippen molar-refractivity contribution in [1.82, 2.24) is 15.5 Å². The minimum absolute atomic E-state index is 0.513. The fourth-order valence-electron chi connectivity index (χ4n) is 1.61. The maximum atomic E-state index is 5.12. The first-order valence-corrected chi connectivity index (χ1v) is 7.08. The van der Waals surface area contributed by atoms with Crippen LogP contribution in [-0.4, -0.2) is 37.0 Å². The van der Waals surface area contributed by atoms with Crippen LogP contribution in [0.2, 0.25) is 0 Å². The van der Waals surface area contributed by atoms with E-state index in [0.717, 1.165) is 42.6 Å². The molecule has 0 saturated carbocycles. The molecule has 1 heterocycles. The van der Waals surface area contributed by atoms with E-state index in [9.17, 15) is 0 Å². The van der Waals surface area contributed by atoms with Gasteiger partial charge in [0.2, 0.25) is 0 Å². The first-order chi connectivity index (χ1) is 8.26. The van der Waals surface area contributed by atoms with E-state index >= 15 is 0 Å². The summed E-state index contributed by atoms with van der Waals surface area (Å²) in [4.78, 5) is 0. The second-order valence-electron chi connectivity index (χ2n) is 4.35. The lowest BCUT2D eigenvalue weighted by Gasteiger charge is -2.06. The van der Waals surface area contributed by atoms with Crippen LogP contribution >= 0.6 is 11.3 Å². The van der Waals surface area contributed by atoms with Gasteiger partial charge in [-0.25, -0.2) is 0 Å². The summed E-state index contributed by atoms with van der Waals surface area (Å²) in [6.45, 7) is 7.21.